The summed E-state index contributed by atoms with van der Waals surface area (Å²) in [5, 5.41) is 33.0. The van der Waals surface area contributed by atoms with Crippen LogP contribution in [0.1, 0.15) is 28.3 Å². The Morgan fingerprint density at radius 1 is 1.15 bits per heavy atom. The van der Waals surface area contributed by atoms with Crippen LogP contribution >= 0.6 is 0 Å². The van der Waals surface area contributed by atoms with Crippen molar-refractivity contribution in [3.63, 3.8) is 0 Å². The minimum atomic E-state index is -0.909. The van der Waals surface area contributed by atoms with Crippen molar-refractivity contribution in [1.29, 1.82) is 10.5 Å². The van der Waals surface area contributed by atoms with Crippen molar-refractivity contribution in [3.05, 3.63) is 70.8 Å². The zero-order valence-corrected chi connectivity index (χ0v) is 17.2. The van der Waals surface area contributed by atoms with E-state index in [1.165, 1.54) is 0 Å². The first kappa shape index (κ1) is 21.2. The number of nitrogens with two attached hydrogens (primary N) is 2. The van der Waals surface area contributed by atoms with Gasteiger partial charge in [0.15, 0.2) is 6.19 Å². The number of anilines is 3. The van der Waals surface area contributed by atoms with Gasteiger partial charge < -0.3 is 21.9 Å². The predicted molar refractivity (Wildman–Crippen MR) is 123 cm³/mol. The van der Waals surface area contributed by atoms with E-state index in [1.807, 2.05) is 48.7 Å². The van der Waals surface area contributed by atoms with Gasteiger partial charge in [-0.1, -0.05) is 48.5 Å². The van der Waals surface area contributed by atoms with Crippen molar-refractivity contribution in [2.75, 3.05) is 16.8 Å². The second kappa shape index (κ2) is 8.57. The summed E-state index contributed by atoms with van der Waals surface area (Å²) in [6, 6.07) is 16.0. The molecule has 0 radical (unpaired) electrons. The molecule has 7 N–H and O–H groups in total. The fraction of sp³-hybridized carbons (Fsp3) is 0.0870. The number of rotatable bonds is 4. The van der Waals surface area contributed by atoms with Crippen LogP contribution < -0.4 is 22.1 Å². The quantitative estimate of drug-likeness (QED) is 0.301. The second-order valence-electron chi connectivity index (χ2n) is 7.25. The second-order valence-corrected chi connectivity index (χ2v) is 7.25. The molecule has 1 aliphatic heterocycles. The number of aliphatic imine (C=N–C) groups is 1. The van der Waals surface area contributed by atoms with Crippen molar-refractivity contribution in [1.82, 2.24) is 10.3 Å². The highest BCUT2D eigenvalue weighted by Gasteiger charge is 2.29. The van der Waals surface area contributed by atoms with Gasteiger partial charge >= 0.3 is 5.97 Å². The first-order valence-corrected chi connectivity index (χ1v) is 9.81. The Hall–Kier alpha value is -5.09. The number of nitrogen functional groups attached to an aromatic ring is 2. The number of hydrogen-bond donors (Lipinski definition) is 5. The number of fused-ring (bicyclic) bond motifs is 1. The summed E-state index contributed by atoms with van der Waals surface area (Å²) in [5.41, 5.74) is 15.9. The number of nitriles is 2. The molecule has 0 fully saturated rings. The van der Waals surface area contributed by atoms with E-state index >= 15 is 0 Å². The van der Waals surface area contributed by atoms with Gasteiger partial charge in [0.1, 0.15) is 29.3 Å². The van der Waals surface area contributed by atoms with Crippen LogP contribution in [-0.2, 0) is 11.2 Å². The topological polar surface area (TPSA) is 186 Å². The van der Waals surface area contributed by atoms with Gasteiger partial charge in [-0.3, -0.25) is 10.1 Å². The predicted octanol–water partition coefficient (Wildman–Crippen LogP) is 2.35. The summed E-state index contributed by atoms with van der Waals surface area (Å²) in [5.74, 6) is -0.462. The number of nitrogens with one attached hydrogen (secondary N) is 2. The highest BCUT2D eigenvalue weighted by molar-refractivity contribution is 5.98. The van der Waals surface area contributed by atoms with E-state index in [0.29, 0.717) is 16.9 Å². The van der Waals surface area contributed by atoms with E-state index in [-0.39, 0.29) is 29.4 Å². The largest absolute Gasteiger partial charge is 0.481 e. The minimum absolute atomic E-state index is 0.0245. The first-order chi connectivity index (χ1) is 15.9. The van der Waals surface area contributed by atoms with Gasteiger partial charge in [-0.05, 0) is 22.3 Å². The van der Waals surface area contributed by atoms with Crippen LogP contribution in [0.4, 0.5) is 17.3 Å². The number of pyridine rings is 1. The Balaban J connectivity index is 1.80. The number of carbonyl (C=O) groups is 1. The molecule has 10 nitrogen and oxygen atoms in total. The molecule has 162 valence electrons. The maximum atomic E-state index is 11.2. The molecule has 0 saturated carbocycles. The van der Waals surface area contributed by atoms with Crippen molar-refractivity contribution in [3.8, 4) is 23.4 Å². The number of aliphatic carboxylic acids is 1. The molecule has 0 aliphatic carbocycles. The van der Waals surface area contributed by atoms with Gasteiger partial charge in [-0.2, -0.15) is 10.5 Å². The lowest BCUT2D eigenvalue weighted by molar-refractivity contribution is -0.136. The highest BCUT2D eigenvalue weighted by atomic mass is 16.4. The van der Waals surface area contributed by atoms with Crippen LogP contribution in [0.5, 0.6) is 0 Å². The third kappa shape index (κ3) is 3.96. The molecule has 1 aromatic heterocycles. The number of benzene rings is 2. The van der Waals surface area contributed by atoms with E-state index in [4.69, 9.17) is 16.7 Å². The van der Waals surface area contributed by atoms with E-state index in [1.54, 1.807) is 12.1 Å². The Morgan fingerprint density at radius 3 is 2.55 bits per heavy atom. The number of carboxylic acid groups (broad SMARTS) is 1. The Bertz CT molecular complexity index is 1370. The molecular formula is C23H18N8O2. The van der Waals surface area contributed by atoms with E-state index in [2.05, 4.69) is 20.6 Å². The Kier molecular flexibility index (Phi) is 5.49. The molecule has 1 atom stereocenters. The van der Waals surface area contributed by atoms with Gasteiger partial charge in [0.2, 0.25) is 5.96 Å². The summed E-state index contributed by atoms with van der Waals surface area (Å²) in [4.78, 5) is 20.0. The van der Waals surface area contributed by atoms with Crippen LogP contribution in [0.25, 0.3) is 11.1 Å². The zero-order valence-electron chi connectivity index (χ0n) is 17.2. The summed E-state index contributed by atoms with van der Waals surface area (Å²) >= 11 is 0. The average Bonchev–Trinajstić information content (AvgIpc) is 2.79. The molecule has 3 aromatic rings. The SMILES string of the molecule is N#CNC1=NC(c2ccc(-c3ccccc3CC(=O)O)cc2)c2c(nc(N)c(C#N)c2N)N1. The lowest BCUT2D eigenvalue weighted by Crippen LogP contribution is -2.32. The normalized spacial score (nSPS) is 14.1. The van der Waals surface area contributed by atoms with Gasteiger partial charge in [-0.15, -0.1) is 0 Å². The van der Waals surface area contributed by atoms with Crippen molar-refractivity contribution < 1.29 is 9.90 Å². The number of aromatic nitrogens is 1. The molecule has 1 unspecified atom stereocenters. The average molecular weight is 438 g/mol. The maximum absolute atomic E-state index is 11.2. The lowest BCUT2D eigenvalue weighted by Gasteiger charge is -2.26. The van der Waals surface area contributed by atoms with E-state index in [0.717, 1.165) is 16.7 Å². The molecule has 10 heteroatoms. The molecule has 2 heterocycles. The van der Waals surface area contributed by atoms with Crippen LogP contribution in [0.15, 0.2) is 53.5 Å². The summed E-state index contributed by atoms with van der Waals surface area (Å²) in [6.45, 7) is 0. The lowest BCUT2D eigenvalue weighted by atomic mass is 9.92. The maximum Gasteiger partial charge on any atom is 0.307 e. The minimum Gasteiger partial charge on any atom is -0.481 e. The fourth-order valence-corrected chi connectivity index (χ4v) is 3.79. The van der Waals surface area contributed by atoms with Crippen LogP contribution in [0, 0.1) is 22.8 Å². The standard InChI is InChI=1S/C23H18N8O2/c24-10-16-19(26)18-20(29-23(28-11-25)31-22(18)30-21(16)27)13-7-5-12(6-8-13)15-4-2-1-3-14(15)9-17(32)33/h1-8,20H,9H2,(H,32,33)(H6,26,27,28,29,30,31). The first-order valence-electron chi connectivity index (χ1n) is 9.81. The Labute approximate surface area is 188 Å². The molecule has 0 spiro atoms. The molecule has 2 aromatic carbocycles. The molecule has 4 rings (SSSR count). The van der Waals surface area contributed by atoms with Crippen LogP contribution in [0.2, 0.25) is 0 Å². The van der Waals surface area contributed by atoms with Gasteiger partial charge in [0, 0.05) is 5.56 Å². The Morgan fingerprint density at radius 2 is 1.88 bits per heavy atom. The summed E-state index contributed by atoms with van der Waals surface area (Å²) in [6.07, 6.45) is 1.72. The van der Waals surface area contributed by atoms with Crippen molar-refractivity contribution >= 4 is 29.3 Å². The van der Waals surface area contributed by atoms with Crippen molar-refractivity contribution in [2.45, 2.75) is 12.5 Å². The highest BCUT2D eigenvalue weighted by Crippen LogP contribution is 2.40. The van der Waals surface area contributed by atoms with E-state index < -0.39 is 12.0 Å². The molecular weight excluding hydrogens is 420 g/mol. The van der Waals surface area contributed by atoms with E-state index in [9.17, 15) is 15.2 Å². The molecule has 0 amide bonds. The smallest absolute Gasteiger partial charge is 0.307 e. The van der Waals surface area contributed by atoms with Gasteiger partial charge in [0.05, 0.1) is 12.1 Å². The van der Waals surface area contributed by atoms with Gasteiger partial charge in [-0.25, -0.2) is 9.98 Å². The third-order valence-electron chi connectivity index (χ3n) is 5.25. The number of guanidine groups is 1. The van der Waals surface area contributed by atoms with Gasteiger partial charge in [0.25, 0.3) is 0 Å². The molecule has 33 heavy (non-hydrogen) atoms. The monoisotopic (exact) mass is 438 g/mol. The van der Waals surface area contributed by atoms with Crippen molar-refractivity contribution in [2.24, 2.45) is 4.99 Å². The number of carboxylic acids is 1. The summed E-state index contributed by atoms with van der Waals surface area (Å²) in [7, 11) is 0. The number of nitrogens with zero attached hydrogens (tertiary/aromatic N) is 4. The zero-order chi connectivity index (χ0) is 23.5. The van der Waals surface area contributed by atoms with Crippen LogP contribution in [0.3, 0.4) is 0 Å². The summed E-state index contributed by atoms with van der Waals surface area (Å²) < 4.78 is 0. The fourth-order valence-electron chi connectivity index (χ4n) is 3.79. The molecule has 1 aliphatic rings. The van der Waals surface area contributed by atoms with Crippen LogP contribution in [-0.4, -0.2) is 22.0 Å². The molecule has 0 bridgehead atoms. The number of hydrogen-bond acceptors (Lipinski definition) is 9. The third-order valence-corrected chi connectivity index (χ3v) is 5.25. The molecule has 0 saturated heterocycles.